The molecule has 3 rings (SSSR count). The van der Waals surface area contributed by atoms with Crippen molar-refractivity contribution >= 4 is 5.91 Å². The van der Waals surface area contributed by atoms with Gasteiger partial charge >= 0.3 is 5.69 Å². The molecule has 0 aliphatic carbocycles. The standard InChI is InChI=1S/C16H21N5O2/c22-15(19-11-7-2-1-3-8-12-19)13-20-16(23)21(18-17-20)14-9-5-4-6-10-14/h4-6,9-10H,1-3,7-8,11-13H2. The average molecular weight is 315 g/mol. The smallest absolute Gasteiger partial charge is 0.341 e. The molecule has 0 N–H and O–H groups in total. The van der Waals surface area contributed by atoms with E-state index in [0.717, 1.165) is 43.5 Å². The van der Waals surface area contributed by atoms with Crippen molar-refractivity contribution in [2.24, 2.45) is 0 Å². The first-order valence-electron chi connectivity index (χ1n) is 8.12. The number of para-hydroxylation sites is 1. The van der Waals surface area contributed by atoms with E-state index in [2.05, 4.69) is 10.4 Å². The van der Waals surface area contributed by atoms with Gasteiger partial charge in [-0.15, -0.1) is 0 Å². The number of rotatable bonds is 3. The lowest BCUT2D eigenvalue weighted by Gasteiger charge is -2.24. The molecule has 0 bridgehead atoms. The molecule has 122 valence electrons. The fourth-order valence-electron chi connectivity index (χ4n) is 2.83. The fraction of sp³-hybridized carbons (Fsp3) is 0.500. The van der Waals surface area contributed by atoms with Gasteiger partial charge < -0.3 is 4.90 Å². The van der Waals surface area contributed by atoms with Gasteiger partial charge in [0, 0.05) is 13.1 Å². The summed E-state index contributed by atoms with van der Waals surface area (Å²) in [4.78, 5) is 26.6. The van der Waals surface area contributed by atoms with Gasteiger partial charge in [-0.05, 0) is 35.4 Å². The van der Waals surface area contributed by atoms with Gasteiger partial charge in [0.25, 0.3) is 0 Å². The Morgan fingerprint density at radius 3 is 2.30 bits per heavy atom. The fourth-order valence-corrected chi connectivity index (χ4v) is 2.83. The van der Waals surface area contributed by atoms with Crippen LogP contribution in [0, 0.1) is 0 Å². The highest BCUT2D eigenvalue weighted by atomic mass is 16.2. The van der Waals surface area contributed by atoms with E-state index in [4.69, 9.17) is 0 Å². The number of tetrazole rings is 1. The lowest BCUT2D eigenvalue weighted by Crippen LogP contribution is -2.38. The summed E-state index contributed by atoms with van der Waals surface area (Å²) < 4.78 is 2.34. The Bertz CT molecular complexity index is 699. The summed E-state index contributed by atoms with van der Waals surface area (Å²) >= 11 is 0. The molecule has 1 fully saturated rings. The summed E-state index contributed by atoms with van der Waals surface area (Å²) in [5.41, 5.74) is 0.249. The molecule has 1 aromatic carbocycles. The predicted octanol–water partition coefficient (Wildman–Crippen LogP) is 1.22. The quantitative estimate of drug-likeness (QED) is 0.854. The number of benzene rings is 1. The van der Waals surface area contributed by atoms with Crippen LogP contribution >= 0.6 is 0 Å². The third-order valence-electron chi connectivity index (χ3n) is 4.13. The van der Waals surface area contributed by atoms with Gasteiger partial charge in [-0.2, -0.15) is 9.36 Å². The molecule has 0 spiro atoms. The molecule has 7 nitrogen and oxygen atoms in total. The third-order valence-corrected chi connectivity index (χ3v) is 4.13. The minimum atomic E-state index is -0.392. The summed E-state index contributed by atoms with van der Waals surface area (Å²) in [6, 6.07) is 9.07. The molecule has 2 heterocycles. The summed E-state index contributed by atoms with van der Waals surface area (Å²) in [5, 5.41) is 7.70. The van der Waals surface area contributed by atoms with Gasteiger partial charge in [-0.3, -0.25) is 4.79 Å². The lowest BCUT2D eigenvalue weighted by molar-refractivity contribution is -0.132. The van der Waals surface area contributed by atoms with Crippen molar-refractivity contribution in [2.45, 2.75) is 38.6 Å². The molecule has 0 radical (unpaired) electrons. The molecule has 1 aliphatic rings. The van der Waals surface area contributed by atoms with Crippen LogP contribution in [0.2, 0.25) is 0 Å². The monoisotopic (exact) mass is 315 g/mol. The van der Waals surface area contributed by atoms with E-state index < -0.39 is 5.69 Å². The highest BCUT2D eigenvalue weighted by Crippen LogP contribution is 2.10. The number of carbonyl (C=O) groups is 1. The van der Waals surface area contributed by atoms with E-state index >= 15 is 0 Å². The van der Waals surface area contributed by atoms with Crippen LogP contribution in [0.3, 0.4) is 0 Å². The number of nitrogens with zero attached hydrogens (tertiary/aromatic N) is 5. The van der Waals surface area contributed by atoms with Crippen LogP contribution in [-0.2, 0) is 11.3 Å². The second-order valence-corrected chi connectivity index (χ2v) is 5.82. The summed E-state index contributed by atoms with van der Waals surface area (Å²) in [5.74, 6) is -0.0610. The van der Waals surface area contributed by atoms with Gasteiger partial charge in [0.2, 0.25) is 5.91 Å². The average Bonchev–Trinajstić information content (AvgIpc) is 2.89. The maximum absolute atomic E-state index is 12.4. The minimum Gasteiger partial charge on any atom is -0.341 e. The third kappa shape index (κ3) is 3.67. The van der Waals surface area contributed by atoms with Crippen molar-refractivity contribution in [1.29, 1.82) is 0 Å². The molecular weight excluding hydrogens is 294 g/mol. The van der Waals surface area contributed by atoms with Crippen LogP contribution in [0.25, 0.3) is 5.69 Å². The maximum atomic E-state index is 12.4. The van der Waals surface area contributed by atoms with Crippen LogP contribution in [-0.4, -0.2) is 43.7 Å². The Morgan fingerprint density at radius 2 is 1.61 bits per heavy atom. The van der Waals surface area contributed by atoms with Gasteiger partial charge in [0.1, 0.15) is 6.54 Å². The number of amides is 1. The molecule has 2 aromatic rings. The van der Waals surface area contributed by atoms with E-state index in [1.807, 2.05) is 23.1 Å². The van der Waals surface area contributed by atoms with E-state index in [9.17, 15) is 9.59 Å². The van der Waals surface area contributed by atoms with Crippen LogP contribution in [0.4, 0.5) is 0 Å². The molecule has 0 saturated carbocycles. The van der Waals surface area contributed by atoms with Crippen molar-refractivity contribution in [3.05, 3.63) is 40.8 Å². The first kappa shape index (κ1) is 15.5. The first-order valence-corrected chi connectivity index (χ1v) is 8.12. The van der Waals surface area contributed by atoms with Crippen molar-refractivity contribution < 1.29 is 4.79 Å². The number of hydrogen-bond donors (Lipinski definition) is 0. The number of likely N-dealkylation sites (tertiary alicyclic amines) is 1. The number of aromatic nitrogens is 4. The summed E-state index contributed by atoms with van der Waals surface area (Å²) in [7, 11) is 0. The Morgan fingerprint density at radius 1 is 0.957 bits per heavy atom. The van der Waals surface area contributed by atoms with Crippen LogP contribution < -0.4 is 5.69 Å². The van der Waals surface area contributed by atoms with E-state index in [-0.39, 0.29) is 12.5 Å². The molecule has 1 aromatic heterocycles. The molecule has 1 aliphatic heterocycles. The normalized spacial score (nSPS) is 15.9. The second-order valence-electron chi connectivity index (χ2n) is 5.82. The van der Waals surface area contributed by atoms with Gasteiger partial charge in [-0.1, -0.05) is 37.5 Å². The SMILES string of the molecule is O=C(Cn1nnn(-c2ccccc2)c1=O)N1CCCCCCC1. The predicted molar refractivity (Wildman–Crippen MR) is 85.3 cm³/mol. The first-order chi connectivity index (χ1) is 11.3. The Kier molecular flexibility index (Phi) is 4.85. The van der Waals surface area contributed by atoms with Crippen LogP contribution in [0.5, 0.6) is 0 Å². The zero-order valence-corrected chi connectivity index (χ0v) is 13.1. The van der Waals surface area contributed by atoms with Gasteiger partial charge in [0.15, 0.2) is 0 Å². The highest BCUT2D eigenvalue weighted by molar-refractivity contribution is 5.75. The van der Waals surface area contributed by atoms with Gasteiger partial charge in [-0.25, -0.2) is 4.79 Å². The lowest BCUT2D eigenvalue weighted by atomic mass is 10.1. The van der Waals surface area contributed by atoms with E-state index in [1.54, 1.807) is 12.1 Å². The van der Waals surface area contributed by atoms with Crippen molar-refractivity contribution in [1.82, 2.24) is 24.7 Å². The minimum absolute atomic E-state index is 0.0499. The zero-order valence-electron chi connectivity index (χ0n) is 13.1. The van der Waals surface area contributed by atoms with Crippen molar-refractivity contribution in [3.8, 4) is 5.69 Å². The van der Waals surface area contributed by atoms with Crippen molar-refractivity contribution in [3.63, 3.8) is 0 Å². The van der Waals surface area contributed by atoms with E-state index in [0.29, 0.717) is 5.69 Å². The highest BCUT2D eigenvalue weighted by Gasteiger charge is 2.18. The largest absolute Gasteiger partial charge is 0.368 e. The molecule has 1 saturated heterocycles. The zero-order chi connectivity index (χ0) is 16.1. The number of carbonyl (C=O) groups excluding carboxylic acids is 1. The van der Waals surface area contributed by atoms with Crippen LogP contribution in [0.15, 0.2) is 35.1 Å². The van der Waals surface area contributed by atoms with E-state index in [1.165, 1.54) is 11.1 Å². The molecule has 7 heteroatoms. The summed E-state index contributed by atoms with van der Waals surface area (Å²) in [6.45, 7) is 1.48. The Labute approximate surface area is 134 Å². The molecule has 23 heavy (non-hydrogen) atoms. The number of hydrogen-bond acceptors (Lipinski definition) is 4. The molecule has 0 atom stereocenters. The topological polar surface area (TPSA) is 73.0 Å². The molecule has 0 unspecified atom stereocenters. The van der Waals surface area contributed by atoms with Crippen molar-refractivity contribution in [2.75, 3.05) is 13.1 Å². The molecular formula is C16H21N5O2. The summed E-state index contributed by atoms with van der Waals surface area (Å²) in [6.07, 6.45) is 5.61. The Hall–Kier alpha value is -2.44. The molecule has 1 amide bonds. The Balaban J connectivity index is 1.72. The van der Waals surface area contributed by atoms with Crippen LogP contribution in [0.1, 0.15) is 32.1 Å². The van der Waals surface area contributed by atoms with Gasteiger partial charge in [0.05, 0.1) is 5.69 Å². The maximum Gasteiger partial charge on any atom is 0.368 e. The second kappa shape index (κ2) is 7.21.